The van der Waals surface area contributed by atoms with Crippen molar-refractivity contribution in [3.63, 3.8) is 0 Å². The summed E-state index contributed by atoms with van der Waals surface area (Å²) >= 11 is 5.94. The summed E-state index contributed by atoms with van der Waals surface area (Å²) in [5, 5.41) is 5.53. The van der Waals surface area contributed by atoms with Gasteiger partial charge in [-0.25, -0.2) is 0 Å². The average molecular weight is 374 g/mol. The fourth-order valence-corrected chi connectivity index (χ4v) is 3.71. The molecular formula is C24H20ClNO. The molecule has 0 N–H and O–H groups in total. The van der Waals surface area contributed by atoms with Crippen molar-refractivity contribution in [1.82, 2.24) is 0 Å². The summed E-state index contributed by atoms with van der Waals surface area (Å²) in [5.74, 6) is 0.0920. The molecule has 0 saturated carbocycles. The molecule has 0 fully saturated rings. The van der Waals surface area contributed by atoms with E-state index in [0.717, 1.165) is 5.69 Å². The molecule has 134 valence electrons. The van der Waals surface area contributed by atoms with Crippen molar-refractivity contribution >= 4 is 44.7 Å². The van der Waals surface area contributed by atoms with Crippen LogP contribution >= 0.6 is 11.6 Å². The third-order valence-electron chi connectivity index (χ3n) is 5.06. The van der Waals surface area contributed by atoms with Crippen LogP contribution in [0.1, 0.15) is 12.0 Å². The van der Waals surface area contributed by atoms with Gasteiger partial charge in [0.25, 0.3) is 0 Å². The molecule has 0 spiro atoms. The van der Waals surface area contributed by atoms with Gasteiger partial charge >= 0.3 is 0 Å². The first kappa shape index (κ1) is 17.6. The molecule has 0 saturated heterocycles. The number of anilines is 1. The summed E-state index contributed by atoms with van der Waals surface area (Å²) in [6.45, 7) is 0. The largest absolute Gasteiger partial charge is 0.315 e. The summed E-state index contributed by atoms with van der Waals surface area (Å²) in [7, 11) is 1.81. The van der Waals surface area contributed by atoms with E-state index >= 15 is 0 Å². The second-order valence-corrected chi connectivity index (χ2v) is 7.16. The molecule has 0 radical (unpaired) electrons. The zero-order valence-electron chi connectivity index (χ0n) is 15.2. The van der Waals surface area contributed by atoms with Crippen LogP contribution in [-0.4, -0.2) is 13.0 Å². The number of carbonyl (C=O) groups is 1. The molecule has 0 heterocycles. The smallest absolute Gasteiger partial charge is 0.227 e. The number of rotatable bonds is 4. The topological polar surface area (TPSA) is 20.3 Å². The normalized spacial score (nSPS) is 11.0. The van der Waals surface area contributed by atoms with Crippen molar-refractivity contribution in [2.45, 2.75) is 12.8 Å². The lowest BCUT2D eigenvalue weighted by molar-refractivity contribution is -0.118. The van der Waals surface area contributed by atoms with Gasteiger partial charge in [0.2, 0.25) is 5.91 Å². The molecule has 0 atom stereocenters. The van der Waals surface area contributed by atoms with Gasteiger partial charge in [-0.05, 0) is 63.9 Å². The summed E-state index contributed by atoms with van der Waals surface area (Å²) in [6.07, 6.45) is 1.16. The van der Waals surface area contributed by atoms with E-state index in [-0.39, 0.29) is 5.91 Å². The van der Waals surface area contributed by atoms with E-state index in [1.807, 2.05) is 19.2 Å². The maximum atomic E-state index is 12.8. The summed E-state index contributed by atoms with van der Waals surface area (Å²) in [5.41, 5.74) is 2.09. The molecule has 1 amide bonds. The van der Waals surface area contributed by atoms with Gasteiger partial charge in [-0.1, -0.05) is 60.1 Å². The van der Waals surface area contributed by atoms with Crippen LogP contribution in [0.15, 0.2) is 78.9 Å². The van der Waals surface area contributed by atoms with Crippen LogP contribution in [0.5, 0.6) is 0 Å². The molecule has 2 nitrogen and oxygen atoms in total. The zero-order valence-corrected chi connectivity index (χ0v) is 15.9. The minimum absolute atomic E-state index is 0.0920. The van der Waals surface area contributed by atoms with Crippen LogP contribution in [0.4, 0.5) is 5.69 Å². The van der Waals surface area contributed by atoms with E-state index in [4.69, 9.17) is 11.6 Å². The van der Waals surface area contributed by atoms with Crippen LogP contribution in [0.3, 0.4) is 0 Å². The Morgan fingerprint density at radius 1 is 0.852 bits per heavy atom. The molecule has 4 rings (SSSR count). The van der Waals surface area contributed by atoms with Crippen molar-refractivity contribution in [2.75, 3.05) is 11.9 Å². The Balaban J connectivity index is 1.64. The highest BCUT2D eigenvalue weighted by atomic mass is 35.5. The second-order valence-electron chi connectivity index (χ2n) is 6.73. The first-order valence-corrected chi connectivity index (χ1v) is 9.43. The van der Waals surface area contributed by atoms with Gasteiger partial charge in [-0.3, -0.25) is 4.79 Å². The molecular weight excluding hydrogens is 354 g/mol. The Labute approximate surface area is 164 Å². The Bertz CT molecular complexity index is 1060. The van der Waals surface area contributed by atoms with Gasteiger partial charge in [0, 0.05) is 24.2 Å². The Morgan fingerprint density at radius 3 is 2.00 bits per heavy atom. The number of hydrogen-bond acceptors (Lipinski definition) is 1. The van der Waals surface area contributed by atoms with Crippen molar-refractivity contribution in [3.05, 3.63) is 89.4 Å². The van der Waals surface area contributed by atoms with Crippen molar-refractivity contribution in [3.8, 4) is 0 Å². The quantitative estimate of drug-likeness (QED) is 0.387. The predicted octanol–water partition coefficient (Wildman–Crippen LogP) is 6.24. The second kappa shape index (κ2) is 7.42. The molecule has 27 heavy (non-hydrogen) atoms. The zero-order chi connectivity index (χ0) is 18.8. The number of halogens is 1. The number of nitrogens with zero attached hydrogens (tertiary/aromatic N) is 1. The standard InChI is InChI=1S/C24H20ClNO/c1-26(20-12-10-19(25)11-13-20)24(27)15-14-23-21-8-4-2-6-17(21)16-18-7-3-5-9-22(18)23/h2-13,16H,14-15H2,1H3. The maximum absolute atomic E-state index is 12.8. The summed E-state index contributed by atoms with van der Waals surface area (Å²) < 4.78 is 0. The number of benzene rings is 4. The average Bonchev–Trinajstić information content (AvgIpc) is 2.71. The number of carbonyl (C=O) groups excluding carboxylic acids is 1. The van der Waals surface area contributed by atoms with Gasteiger partial charge in [0.1, 0.15) is 0 Å². The van der Waals surface area contributed by atoms with E-state index in [1.54, 1.807) is 17.0 Å². The van der Waals surface area contributed by atoms with Crippen LogP contribution in [0.2, 0.25) is 5.02 Å². The number of aryl methyl sites for hydroxylation is 1. The molecule has 3 heteroatoms. The number of hydrogen-bond donors (Lipinski definition) is 0. The van der Waals surface area contributed by atoms with E-state index in [0.29, 0.717) is 17.9 Å². The molecule has 0 unspecified atom stereocenters. The van der Waals surface area contributed by atoms with Gasteiger partial charge in [0.05, 0.1) is 0 Å². The lowest BCUT2D eigenvalue weighted by atomic mass is 9.94. The third kappa shape index (κ3) is 3.54. The van der Waals surface area contributed by atoms with E-state index in [2.05, 4.69) is 54.6 Å². The molecule has 4 aromatic rings. The molecule has 0 aliphatic heterocycles. The minimum Gasteiger partial charge on any atom is -0.315 e. The van der Waals surface area contributed by atoms with Crippen LogP contribution < -0.4 is 4.90 Å². The fraction of sp³-hybridized carbons (Fsp3) is 0.125. The van der Waals surface area contributed by atoms with Crippen LogP contribution in [0, 0.1) is 0 Å². The van der Waals surface area contributed by atoms with Gasteiger partial charge in [-0.15, -0.1) is 0 Å². The van der Waals surface area contributed by atoms with Gasteiger partial charge in [0.15, 0.2) is 0 Å². The number of amides is 1. The van der Waals surface area contributed by atoms with E-state index < -0.39 is 0 Å². The summed E-state index contributed by atoms with van der Waals surface area (Å²) in [6, 6.07) is 26.3. The Hall–Kier alpha value is -2.84. The van der Waals surface area contributed by atoms with Crippen molar-refractivity contribution < 1.29 is 4.79 Å². The van der Waals surface area contributed by atoms with Crippen LogP contribution in [0.25, 0.3) is 21.5 Å². The Kier molecular flexibility index (Phi) is 4.83. The van der Waals surface area contributed by atoms with Crippen LogP contribution in [-0.2, 0) is 11.2 Å². The van der Waals surface area contributed by atoms with E-state index in [9.17, 15) is 4.79 Å². The maximum Gasteiger partial charge on any atom is 0.227 e. The van der Waals surface area contributed by atoms with E-state index in [1.165, 1.54) is 27.1 Å². The lowest BCUT2D eigenvalue weighted by Crippen LogP contribution is -2.26. The Morgan fingerprint density at radius 2 is 1.41 bits per heavy atom. The highest BCUT2D eigenvalue weighted by molar-refractivity contribution is 6.30. The number of fused-ring (bicyclic) bond motifs is 2. The van der Waals surface area contributed by atoms with Gasteiger partial charge < -0.3 is 4.90 Å². The molecule has 0 aromatic heterocycles. The highest BCUT2D eigenvalue weighted by Gasteiger charge is 2.14. The third-order valence-corrected chi connectivity index (χ3v) is 5.31. The fourth-order valence-electron chi connectivity index (χ4n) is 3.59. The molecule has 0 aliphatic carbocycles. The highest BCUT2D eigenvalue weighted by Crippen LogP contribution is 2.29. The van der Waals surface area contributed by atoms with Gasteiger partial charge in [-0.2, -0.15) is 0 Å². The summed E-state index contributed by atoms with van der Waals surface area (Å²) in [4.78, 5) is 14.5. The first-order valence-electron chi connectivity index (χ1n) is 9.05. The van der Waals surface area contributed by atoms with Crippen molar-refractivity contribution in [1.29, 1.82) is 0 Å². The molecule has 0 aliphatic rings. The SMILES string of the molecule is CN(C(=O)CCc1c2ccccc2cc2ccccc12)c1ccc(Cl)cc1. The lowest BCUT2D eigenvalue weighted by Gasteiger charge is -2.18. The molecule has 4 aromatic carbocycles. The van der Waals surface area contributed by atoms with Crippen molar-refractivity contribution in [2.24, 2.45) is 0 Å². The molecule has 0 bridgehead atoms. The monoisotopic (exact) mass is 373 g/mol. The minimum atomic E-state index is 0.0920. The predicted molar refractivity (Wildman–Crippen MR) is 115 cm³/mol. The first-order chi connectivity index (χ1) is 13.1.